The Kier molecular flexibility index (Phi) is 4.45. The minimum atomic E-state index is -3.06. The Bertz CT molecular complexity index is 844. The fourth-order valence-corrected chi connectivity index (χ4v) is 6.64. The fourth-order valence-electron chi connectivity index (χ4n) is 3.70. The smallest absolute Gasteiger partial charge is 0.264 e. The molecule has 0 saturated carbocycles. The monoisotopic (exact) mass is 379 g/mol. The fraction of sp³-hybridized carbons (Fsp3) is 0.500. The number of hydrogen-bond acceptors (Lipinski definition) is 5. The predicted molar refractivity (Wildman–Crippen MR) is 96.6 cm³/mol. The van der Waals surface area contributed by atoms with E-state index >= 15 is 0 Å². The lowest BCUT2D eigenvalue weighted by atomic mass is 9.99. The van der Waals surface area contributed by atoms with Gasteiger partial charge >= 0.3 is 0 Å². The van der Waals surface area contributed by atoms with Gasteiger partial charge in [-0.25, -0.2) is 8.42 Å². The Labute approximate surface area is 151 Å². The van der Waals surface area contributed by atoms with Gasteiger partial charge in [-0.2, -0.15) is 0 Å². The van der Waals surface area contributed by atoms with Gasteiger partial charge in [-0.1, -0.05) is 0 Å². The number of rotatable bonds is 4. The Balaban J connectivity index is 1.62. The summed E-state index contributed by atoms with van der Waals surface area (Å²) in [4.78, 5) is 16.9. The van der Waals surface area contributed by atoms with Crippen molar-refractivity contribution in [1.29, 1.82) is 0 Å². The van der Waals surface area contributed by atoms with Gasteiger partial charge in [0, 0.05) is 10.9 Å². The molecule has 0 spiro atoms. The maximum atomic E-state index is 13.2. The second kappa shape index (κ2) is 6.61. The Morgan fingerprint density at radius 1 is 1.32 bits per heavy atom. The zero-order chi connectivity index (χ0) is 17.4. The van der Waals surface area contributed by atoms with Crippen LogP contribution in [0, 0.1) is 0 Å². The van der Waals surface area contributed by atoms with E-state index in [1.807, 2.05) is 12.1 Å². The Hall–Kier alpha value is -1.60. The average Bonchev–Trinajstić information content (AvgIpc) is 3.30. The van der Waals surface area contributed by atoms with Crippen LogP contribution in [0.2, 0.25) is 0 Å². The zero-order valence-corrected chi connectivity index (χ0v) is 15.6. The molecule has 5 nitrogen and oxygen atoms in total. The SMILES string of the molecule is O=C(c1cc2c(s1)CCCC2)N(Cc1ccco1)[C@H]1CCS(=O)(=O)C1. The second-order valence-electron chi connectivity index (χ2n) is 6.84. The zero-order valence-electron chi connectivity index (χ0n) is 13.9. The molecule has 0 unspecified atom stereocenters. The minimum Gasteiger partial charge on any atom is -0.467 e. The molecule has 25 heavy (non-hydrogen) atoms. The summed E-state index contributed by atoms with van der Waals surface area (Å²) in [5.41, 5.74) is 1.29. The van der Waals surface area contributed by atoms with Crippen molar-refractivity contribution in [3.8, 4) is 0 Å². The largest absolute Gasteiger partial charge is 0.467 e. The van der Waals surface area contributed by atoms with Crippen LogP contribution in [0.5, 0.6) is 0 Å². The molecule has 2 aromatic rings. The van der Waals surface area contributed by atoms with E-state index in [1.54, 1.807) is 28.6 Å². The van der Waals surface area contributed by atoms with Gasteiger partial charge in [0.25, 0.3) is 5.91 Å². The molecule has 1 fully saturated rings. The third kappa shape index (κ3) is 3.53. The van der Waals surface area contributed by atoms with Crippen LogP contribution in [-0.2, 0) is 29.2 Å². The molecular weight excluding hydrogens is 358 g/mol. The van der Waals surface area contributed by atoms with E-state index in [4.69, 9.17) is 4.42 Å². The molecule has 0 aromatic carbocycles. The molecule has 7 heteroatoms. The van der Waals surface area contributed by atoms with Crippen LogP contribution in [0.1, 0.15) is 45.1 Å². The van der Waals surface area contributed by atoms with Gasteiger partial charge in [0.05, 0.1) is 29.2 Å². The molecule has 0 N–H and O–H groups in total. The molecule has 1 atom stereocenters. The van der Waals surface area contributed by atoms with Gasteiger partial charge in [-0.15, -0.1) is 11.3 Å². The van der Waals surface area contributed by atoms with E-state index in [0.29, 0.717) is 18.7 Å². The summed E-state index contributed by atoms with van der Waals surface area (Å²) in [5.74, 6) is 0.808. The first-order valence-corrected chi connectivity index (χ1v) is 11.3. The van der Waals surface area contributed by atoms with Gasteiger partial charge < -0.3 is 9.32 Å². The maximum absolute atomic E-state index is 13.2. The van der Waals surface area contributed by atoms with Crippen LogP contribution in [-0.4, -0.2) is 36.8 Å². The van der Waals surface area contributed by atoms with Crippen LogP contribution in [0.25, 0.3) is 0 Å². The van der Waals surface area contributed by atoms with Crippen molar-refractivity contribution >= 4 is 27.1 Å². The van der Waals surface area contributed by atoms with Crippen LogP contribution in [0.4, 0.5) is 0 Å². The van der Waals surface area contributed by atoms with Gasteiger partial charge in [0.2, 0.25) is 0 Å². The normalized spacial score (nSPS) is 21.8. The third-order valence-corrected chi connectivity index (χ3v) is 8.00. The van der Waals surface area contributed by atoms with Crippen molar-refractivity contribution in [2.75, 3.05) is 11.5 Å². The lowest BCUT2D eigenvalue weighted by molar-refractivity contribution is 0.0671. The number of carbonyl (C=O) groups is 1. The highest BCUT2D eigenvalue weighted by atomic mass is 32.2. The molecular formula is C18H21NO4S2. The summed E-state index contributed by atoms with van der Waals surface area (Å²) in [7, 11) is -3.06. The number of aryl methyl sites for hydroxylation is 2. The molecule has 134 valence electrons. The molecule has 1 aliphatic heterocycles. The Morgan fingerprint density at radius 3 is 2.84 bits per heavy atom. The maximum Gasteiger partial charge on any atom is 0.264 e. The number of hydrogen-bond donors (Lipinski definition) is 0. The topological polar surface area (TPSA) is 67.6 Å². The van der Waals surface area contributed by atoms with Crippen molar-refractivity contribution in [3.63, 3.8) is 0 Å². The van der Waals surface area contributed by atoms with Gasteiger partial charge in [-0.05, 0) is 55.9 Å². The lowest BCUT2D eigenvalue weighted by Crippen LogP contribution is -2.40. The van der Waals surface area contributed by atoms with Crippen LogP contribution < -0.4 is 0 Å². The van der Waals surface area contributed by atoms with Crippen molar-refractivity contribution in [1.82, 2.24) is 4.90 Å². The number of nitrogens with zero attached hydrogens (tertiary/aromatic N) is 1. The van der Waals surface area contributed by atoms with E-state index in [-0.39, 0.29) is 23.5 Å². The summed E-state index contributed by atoms with van der Waals surface area (Å²) < 4.78 is 29.2. The summed E-state index contributed by atoms with van der Waals surface area (Å²) in [6, 6.07) is 5.35. The number of amides is 1. The third-order valence-electron chi connectivity index (χ3n) is 5.02. The van der Waals surface area contributed by atoms with Crippen LogP contribution in [0.15, 0.2) is 28.9 Å². The van der Waals surface area contributed by atoms with Gasteiger partial charge in [0.15, 0.2) is 9.84 Å². The highest BCUT2D eigenvalue weighted by Gasteiger charge is 2.36. The number of carbonyl (C=O) groups excluding carboxylic acids is 1. The van der Waals surface area contributed by atoms with Gasteiger partial charge in [-0.3, -0.25) is 4.79 Å². The standard InChI is InChI=1S/C18H21NO4S2/c20-18(17-10-13-4-1-2-6-16(13)24-17)19(11-15-5-3-8-23-15)14-7-9-25(21,22)12-14/h3,5,8,10,14H,1-2,4,6-7,9,11-12H2/t14-/m0/s1. The van der Waals surface area contributed by atoms with E-state index in [2.05, 4.69) is 0 Å². The number of thiophene rings is 1. The average molecular weight is 380 g/mol. The summed E-state index contributed by atoms with van der Waals surface area (Å²) in [6.45, 7) is 0.314. The summed E-state index contributed by atoms with van der Waals surface area (Å²) in [5, 5.41) is 0. The first-order valence-electron chi connectivity index (χ1n) is 8.67. The first kappa shape index (κ1) is 16.8. The van der Waals surface area contributed by atoms with Crippen molar-refractivity contribution in [2.24, 2.45) is 0 Å². The molecule has 2 aromatic heterocycles. The second-order valence-corrected chi connectivity index (χ2v) is 10.2. The van der Waals surface area contributed by atoms with Crippen LogP contribution in [0.3, 0.4) is 0 Å². The van der Waals surface area contributed by atoms with E-state index < -0.39 is 9.84 Å². The lowest BCUT2D eigenvalue weighted by Gasteiger charge is -2.27. The molecule has 0 radical (unpaired) electrons. The molecule has 4 rings (SSSR count). The molecule has 1 amide bonds. The molecule has 0 bridgehead atoms. The summed E-state index contributed by atoms with van der Waals surface area (Å²) >= 11 is 1.57. The van der Waals surface area contributed by atoms with Gasteiger partial charge in [0.1, 0.15) is 5.76 Å². The van der Waals surface area contributed by atoms with Crippen LogP contribution >= 0.6 is 11.3 Å². The van der Waals surface area contributed by atoms with Crippen molar-refractivity contribution in [2.45, 2.75) is 44.7 Å². The Morgan fingerprint density at radius 2 is 2.16 bits per heavy atom. The molecule has 1 saturated heterocycles. The quantitative estimate of drug-likeness (QED) is 0.819. The van der Waals surface area contributed by atoms with E-state index in [1.165, 1.54) is 23.3 Å². The number of sulfone groups is 1. The highest BCUT2D eigenvalue weighted by Crippen LogP contribution is 2.32. The molecule has 1 aliphatic carbocycles. The number of fused-ring (bicyclic) bond motifs is 1. The number of furan rings is 1. The van der Waals surface area contributed by atoms with E-state index in [9.17, 15) is 13.2 Å². The predicted octanol–water partition coefficient (Wildman–Crippen LogP) is 3.05. The first-order chi connectivity index (χ1) is 12.0. The molecule has 3 heterocycles. The highest BCUT2D eigenvalue weighted by molar-refractivity contribution is 7.91. The minimum absolute atomic E-state index is 0.0462. The van der Waals surface area contributed by atoms with Crippen molar-refractivity contribution < 1.29 is 17.6 Å². The van der Waals surface area contributed by atoms with Crippen molar-refractivity contribution in [3.05, 3.63) is 45.5 Å². The summed E-state index contributed by atoms with van der Waals surface area (Å²) in [6.07, 6.45) is 6.51. The molecule has 2 aliphatic rings. The van der Waals surface area contributed by atoms with E-state index in [0.717, 1.165) is 17.7 Å².